The summed E-state index contributed by atoms with van der Waals surface area (Å²) in [6.45, 7) is 6.87. The minimum absolute atomic E-state index is 0.191. The summed E-state index contributed by atoms with van der Waals surface area (Å²) >= 11 is 0. The van der Waals surface area contributed by atoms with Crippen LogP contribution in [0.2, 0.25) is 0 Å². The van der Waals surface area contributed by atoms with E-state index in [9.17, 15) is 8.42 Å². The lowest BCUT2D eigenvalue weighted by molar-refractivity contribution is 0.310. The summed E-state index contributed by atoms with van der Waals surface area (Å²) in [6.07, 6.45) is 9.16. The van der Waals surface area contributed by atoms with E-state index in [0.717, 1.165) is 24.9 Å². The highest BCUT2D eigenvalue weighted by atomic mass is 32.2. The van der Waals surface area contributed by atoms with Gasteiger partial charge in [0.2, 0.25) is 10.0 Å². The molecule has 0 saturated carbocycles. The number of para-hydroxylation sites is 1. The first-order valence-electron chi connectivity index (χ1n) is 9.95. The molecule has 0 amide bonds. The van der Waals surface area contributed by atoms with Crippen molar-refractivity contribution in [1.82, 2.24) is 4.72 Å². The molecule has 0 heterocycles. The average molecular weight is 385 g/mol. The standard InChI is InChI=1S/C20H36N2O3S/c1-5-8-9-10-11-13-17(7-3)22-18-14-12-15-19(26(23,24)21-4)20(18)25-16-6-2/h12,14-15,17,21-22H,5-11,13,16H2,1-4H3. The van der Waals surface area contributed by atoms with Gasteiger partial charge < -0.3 is 10.1 Å². The van der Waals surface area contributed by atoms with E-state index in [1.807, 2.05) is 13.0 Å². The van der Waals surface area contributed by atoms with Crippen LogP contribution in [0.4, 0.5) is 5.69 Å². The van der Waals surface area contributed by atoms with Gasteiger partial charge in [-0.1, -0.05) is 58.9 Å². The van der Waals surface area contributed by atoms with Crippen LogP contribution in [0.25, 0.3) is 0 Å². The number of rotatable bonds is 14. The summed E-state index contributed by atoms with van der Waals surface area (Å²) in [5.74, 6) is 0.424. The Bertz CT molecular complexity index is 617. The fraction of sp³-hybridized carbons (Fsp3) is 0.700. The van der Waals surface area contributed by atoms with E-state index in [1.165, 1.54) is 39.2 Å². The van der Waals surface area contributed by atoms with Crippen LogP contribution >= 0.6 is 0 Å². The number of hydrogen-bond donors (Lipinski definition) is 2. The van der Waals surface area contributed by atoms with Crippen LogP contribution < -0.4 is 14.8 Å². The summed E-state index contributed by atoms with van der Waals surface area (Å²) < 4.78 is 32.9. The van der Waals surface area contributed by atoms with E-state index in [2.05, 4.69) is 23.9 Å². The van der Waals surface area contributed by atoms with Crippen molar-refractivity contribution in [3.8, 4) is 5.75 Å². The predicted octanol–water partition coefficient (Wildman–Crippen LogP) is 4.93. The molecule has 1 unspecified atom stereocenters. The second-order valence-corrected chi connectivity index (χ2v) is 8.50. The average Bonchev–Trinajstić information content (AvgIpc) is 2.65. The molecule has 5 nitrogen and oxygen atoms in total. The lowest BCUT2D eigenvalue weighted by Gasteiger charge is -2.22. The SMILES string of the molecule is CCCCCCCC(CC)Nc1cccc(S(=O)(=O)NC)c1OCCC. The van der Waals surface area contributed by atoms with Gasteiger partial charge in [0.05, 0.1) is 12.3 Å². The van der Waals surface area contributed by atoms with Crippen molar-refractivity contribution in [3.05, 3.63) is 18.2 Å². The predicted molar refractivity (Wildman–Crippen MR) is 110 cm³/mol. The first kappa shape index (κ1) is 22.8. The largest absolute Gasteiger partial charge is 0.490 e. The van der Waals surface area contributed by atoms with Gasteiger partial charge in [0.25, 0.3) is 0 Å². The molecule has 1 atom stereocenters. The van der Waals surface area contributed by atoms with E-state index in [-0.39, 0.29) is 4.90 Å². The highest BCUT2D eigenvalue weighted by molar-refractivity contribution is 7.89. The molecule has 1 aromatic rings. The Morgan fingerprint density at radius 2 is 1.77 bits per heavy atom. The van der Waals surface area contributed by atoms with Crippen molar-refractivity contribution in [2.75, 3.05) is 19.0 Å². The normalized spacial score (nSPS) is 12.8. The maximum absolute atomic E-state index is 12.3. The Labute approximate surface area is 160 Å². The number of unbranched alkanes of at least 4 members (excludes halogenated alkanes) is 4. The van der Waals surface area contributed by atoms with E-state index >= 15 is 0 Å². The lowest BCUT2D eigenvalue weighted by atomic mass is 10.0. The number of sulfonamides is 1. The Balaban J connectivity index is 2.93. The molecule has 0 bridgehead atoms. The van der Waals surface area contributed by atoms with Gasteiger partial charge in [0, 0.05) is 6.04 Å². The maximum Gasteiger partial charge on any atom is 0.244 e. The van der Waals surface area contributed by atoms with Gasteiger partial charge in [-0.2, -0.15) is 0 Å². The van der Waals surface area contributed by atoms with Crippen LogP contribution in [0, 0.1) is 0 Å². The first-order chi connectivity index (χ1) is 12.5. The zero-order valence-corrected chi connectivity index (χ0v) is 17.6. The van der Waals surface area contributed by atoms with E-state index in [0.29, 0.717) is 18.4 Å². The molecule has 150 valence electrons. The van der Waals surface area contributed by atoms with E-state index in [4.69, 9.17) is 4.74 Å². The van der Waals surface area contributed by atoms with Crippen LogP contribution in [0.3, 0.4) is 0 Å². The first-order valence-corrected chi connectivity index (χ1v) is 11.4. The zero-order chi connectivity index (χ0) is 19.4. The molecule has 0 aliphatic rings. The van der Waals surface area contributed by atoms with Gasteiger partial charge in [-0.05, 0) is 38.4 Å². The monoisotopic (exact) mass is 384 g/mol. The molecule has 0 fully saturated rings. The Morgan fingerprint density at radius 3 is 2.38 bits per heavy atom. The van der Waals surface area contributed by atoms with Gasteiger partial charge in [0.1, 0.15) is 4.90 Å². The Kier molecular flexibility index (Phi) is 10.7. The molecule has 0 aliphatic carbocycles. The molecule has 0 saturated heterocycles. The molecule has 0 aliphatic heterocycles. The maximum atomic E-state index is 12.3. The zero-order valence-electron chi connectivity index (χ0n) is 16.8. The highest BCUT2D eigenvalue weighted by Crippen LogP contribution is 2.33. The molecule has 26 heavy (non-hydrogen) atoms. The number of nitrogens with one attached hydrogen (secondary N) is 2. The molecule has 0 spiro atoms. The van der Waals surface area contributed by atoms with Crippen LogP contribution in [-0.2, 0) is 10.0 Å². The smallest absolute Gasteiger partial charge is 0.244 e. The number of ether oxygens (including phenoxy) is 1. The van der Waals surface area contributed by atoms with Crippen molar-refractivity contribution in [1.29, 1.82) is 0 Å². The summed E-state index contributed by atoms with van der Waals surface area (Å²) in [7, 11) is -2.15. The number of hydrogen-bond acceptors (Lipinski definition) is 4. The number of anilines is 1. The molecule has 0 radical (unpaired) electrons. The second-order valence-electron chi connectivity index (χ2n) is 6.64. The molecule has 2 N–H and O–H groups in total. The minimum Gasteiger partial charge on any atom is -0.490 e. The Morgan fingerprint density at radius 1 is 1.04 bits per heavy atom. The third-order valence-corrected chi connectivity index (χ3v) is 5.93. The van der Waals surface area contributed by atoms with Crippen LogP contribution in [0.5, 0.6) is 5.75 Å². The van der Waals surface area contributed by atoms with Crippen LogP contribution in [0.1, 0.15) is 72.1 Å². The molecule has 1 rings (SSSR count). The molecular formula is C20H36N2O3S. The van der Waals surface area contributed by atoms with E-state index in [1.54, 1.807) is 12.1 Å². The fourth-order valence-electron chi connectivity index (χ4n) is 2.90. The summed E-state index contributed by atoms with van der Waals surface area (Å²) in [5, 5.41) is 3.52. The topological polar surface area (TPSA) is 67.4 Å². The van der Waals surface area contributed by atoms with Crippen molar-refractivity contribution in [3.63, 3.8) is 0 Å². The third-order valence-electron chi connectivity index (χ3n) is 4.50. The van der Waals surface area contributed by atoms with Gasteiger partial charge in [-0.15, -0.1) is 0 Å². The van der Waals surface area contributed by atoms with Crippen molar-refractivity contribution >= 4 is 15.7 Å². The van der Waals surface area contributed by atoms with Gasteiger partial charge in [-0.3, -0.25) is 0 Å². The molecule has 1 aromatic carbocycles. The molecular weight excluding hydrogens is 348 g/mol. The number of benzene rings is 1. The van der Waals surface area contributed by atoms with Crippen LogP contribution in [-0.4, -0.2) is 28.1 Å². The third kappa shape index (κ3) is 7.16. The van der Waals surface area contributed by atoms with Gasteiger partial charge >= 0.3 is 0 Å². The molecule has 6 heteroatoms. The summed E-state index contributed by atoms with van der Waals surface area (Å²) in [4.78, 5) is 0.191. The fourth-order valence-corrected chi connectivity index (χ4v) is 3.79. The minimum atomic E-state index is -3.57. The quantitative estimate of drug-likeness (QED) is 0.446. The van der Waals surface area contributed by atoms with Gasteiger partial charge in [0.15, 0.2) is 5.75 Å². The highest BCUT2D eigenvalue weighted by Gasteiger charge is 2.21. The Hall–Kier alpha value is -1.27. The second kappa shape index (κ2) is 12.2. The van der Waals surface area contributed by atoms with Gasteiger partial charge in [-0.25, -0.2) is 13.1 Å². The summed E-state index contributed by atoms with van der Waals surface area (Å²) in [6, 6.07) is 5.57. The van der Waals surface area contributed by atoms with Crippen molar-refractivity contribution in [2.24, 2.45) is 0 Å². The molecule has 0 aromatic heterocycles. The van der Waals surface area contributed by atoms with E-state index < -0.39 is 10.0 Å². The lowest BCUT2D eigenvalue weighted by Crippen LogP contribution is -2.22. The van der Waals surface area contributed by atoms with Crippen LogP contribution in [0.15, 0.2) is 23.1 Å². The summed E-state index contributed by atoms with van der Waals surface area (Å²) in [5.41, 5.74) is 0.759. The van der Waals surface area contributed by atoms with Crippen molar-refractivity contribution in [2.45, 2.75) is 83.1 Å². The van der Waals surface area contributed by atoms with Crippen molar-refractivity contribution < 1.29 is 13.2 Å².